The van der Waals surface area contributed by atoms with Crippen molar-refractivity contribution in [1.82, 2.24) is 10.3 Å². The van der Waals surface area contributed by atoms with Crippen molar-refractivity contribution in [1.29, 1.82) is 0 Å². The SMILES string of the molecule is Fc1ncccc1O[C@@H](c1ccccc1)[C@H]1CCNC1. The number of ether oxygens (including phenoxy) is 1. The molecular weight excluding hydrogens is 255 g/mol. The van der Waals surface area contributed by atoms with Crippen molar-refractivity contribution >= 4 is 0 Å². The Balaban J connectivity index is 1.88. The molecule has 3 nitrogen and oxygen atoms in total. The van der Waals surface area contributed by atoms with Gasteiger partial charge in [-0.05, 0) is 30.7 Å². The molecule has 2 aromatic rings. The predicted octanol–water partition coefficient (Wildman–Crippen LogP) is 2.95. The van der Waals surface area contributed by atoms with Crippen molar-refractivity contribution in [3.63, 3.8) is 0 Å². The molecule has 0 saturated carbocycles. The van der Waals surface area contributed by atoms with Gasteiger partial charge >= 0.3 is 0 Å². The van der Waals surface area contributed by atoms with Crippen molar-refractivity contribution in [3.05, 3.63) is 60.2 Å². The maximum atomic E-state index is 13.7. The molecule has 1 aliphatic rings. The highest BCUT2D eigenvalue weighted by Crippen LogP contribution is 2.32. The van der Waals surface area contributed by atoms with E-state index in [0.29, 0.717) is 5.92 Å². The lowest BCUT2D eigenvalue weighted by Gasteiger charge is -2.24. The summed E-state index contributed by atoms with van der Waals surface area (Å²) in [5.41, 5.74) is 1.07. The maximum absolute atomic E-state index is 13.7. The van der Waals surface area contributed by atoms with Gasteiger partial charge in [-0.15, -0.1) is 0 Å². The Morgan fingerprint density at radius 1 is 1.20 bits per heavy atom. The lowest BCUT2D eigenvalue weighted by Crippen LogP contribution is -2.21. The summed E-state index contributed by atoms with van der Waals surface area (Å²) in [4.78, 5) is 3.65. The molecule has 1 aromatic carbocycles. The van der Waals surface area contributed by atoms with E-state index in [0.717, 1.165) is 25.1 Å². The zero-order valence-corrected chi connectivity index (χ0v) is 11.1. The van der Waals surface area contributed by atoms with Crippen LogP contribution in [-0.4, -0.2) is 18.1 Å². The van der Waals surface area contributed by atoms with Crippen molar-refractivity contribution in [3.8, 4) is 5.75 Å². The second kappa shape index (κ2) is 6.01. The Kier molecular flexibility index (Phi) is 3.92. The lowest BCUT2D eigenvalue weighted by atomic mass is 9.95. The average molecular weight is 272 g/mol. The molecule has 0 radical (unpaired) electrons. The summed E-state index contributed by atoms with van der Waals surface area (Å²) in [6, 6.07) is 13.3. The van der Waals surface area contributed by atoms with Crippen molar-refractivity contribution < 1.29 is 9.13 Å². The summed E-state index contributed by atoms with van der Waals surface area (Å²) in [6.07, 6.45) is 2.31. The first-order valence-electron chi connectivity index (χ1n) is 6.87. The number of hydrogen-bond acceptors (Lipinski definition) is 3. The summed E-state index contributed by atoms with van der Waals surface area (Å²) in [5.74, 6) is 0.00430. The van der Waals surface area contributed by atoms with E-state index in [1.807, 2.05) is 30.3 Å². The van der Waals surface area contributed by atoms with Crippen LogP contribution in [0.1, 0.15) is 18.1 Å². The highest BCUT2D eigenvalue weighted by atomic mass is 19.1. The van der Waals surface area contributed by atoms with E-state index in [4.69, 9.17) is 4.74 Å². The Labute approximate surface area is 117 Å². The van der Waals surface area contributed by atoms with E-state index in [1.54, 1.807) is 12.1 Å². The molecule has 4 heteroatoms. The Hall–Kier alpha value is -1.94. The molecule has 1 aliphatic heterocycles. The van der Waals surface area contributed by atoms with Crippen LogP contribution >= 0.6 is 0 Å². The molecule has 0 amide bonds. The maximum Gasteiger partial charge on any atom is 0.255 e. The molecule has 1 aromatic heterocycles. The van der Waals surface area contributed by atoms with Gasteiger partial charge in [-0.25, -0.2) is 4.98 Å². The van der Waals surface area contributed by atoms with Crippen molar-refractivity contribution in [2.45, 2.75) is 12.5 Å². The van der Waals surface area contributed by atoms with Gasteiger partial charge in [-0.1, -0.05) is 30.3 Å². The first-order valence-corrected chi connectivity index (χ1v) is 6.87. The molecule has 1 saturated heterocycles. The quantitative estimate of drug-likeness (QED) is 0.869. The van der Waals surface area contributed by atoms with Crippen LogP contribution in [0.5, 0.6) is 5.75 Å². The first-order chi connectivity index (χ1) is 9.84. The van der Waals surface area contributed by atoms with Crippen LogP contribution in [0, 0.1) is 11.9 Å². The molecule has 2 atom stereocenters. The van der Waals surface area contributed by atoms with Crippen LogP contribution in [0.2, 0.25) is 0 Å². The van der Waals surface area contributed by atoms with Crippen LogP contribution in [0.3, 0.4) is 0 Å². The fourth-order valence-corrected chi connectivity index (χ4v) is 2.61. The number of rotatable bonds is 4. The monoisotopic (exact) mass is 272 g/mol. The number of nitrogens with one attached hydrogen (secondary N) is 1. The molecule has 1 N–H and O–H groups in total. The van der Waals surface area contributed by atoms with E-state index < -0.39 is 5.95 Å². The molecular formula is C16H17FN2O. The highest BCUT2D eigenvalue weighted by Gasteiger charge is 2.28. The normalized spacial score (nSPS) is 19.8. The van der Waals surface area contributed by atoms with Crippen LogP contribution in [0.15, 0.2) is 48.7 Å². The Morgan fingerprint density at radius 2 is 2.05 bits per heavy atom. The fourth-order valence-electron chi connectivity index (χ4n) is 2.61. The zero-order valence-electron chi connectivity index (χ0n) is 11.1. The Morgan fingerprint density at radius 3 is 2.75 bits per heavy atom. The van der Waals surface area contributed by atoms with Crippen molar-refractivity contribution in [2.24, 2.45) is 5.92 Å². The van der Waals surface area contributed by atoms with Crippen molar-refractivity contribution in [2.75, 3.05) is 13.1 Å². The van der Waals surface area contributed by atoms with E-state index in [2.05, 4.69) is 10.3 Å². The predicted molar refractivity (Wildman–Crippen MR) is 75.0 cm³/mol. The standard InChI is InChI=1S/C16H17FN2O/c17-16-14(7-4-9-19-16)20-15(13-8-10-18-11-13)12-5-2-1-3-6-12/h1-7,9,13,15,18H,8,10-11H2/t13-,15-/m0/s1. The molecule has 3 rings (SSSR count). The summed E-state index contributed by atoms with van der Waals surface area (Å²) in [5, 5.41) is 3.33. The first kappa shape index (κ1) is 13.1. The minimum absolute atomic E-state index is 0.148. The summed E-state index contributed by atoms with van der Waals surface area (Å²) in [6.45, 7) is 1.87. The lowest BCUT2D eigenvalue weighted by molar-refractivity contribution is 0.136. The van der Waals surface area contributed by atoms with Gasteiger partial charge in [0.2, 0.25) is 0 Å². The van der Waals surface area contributed by atoms with E-state index in [1.165, 1.54) is 6.20 Å². The van der Waals surface area contributed by atoms with Crippen LogP contribution in [0.4, 0.5) is 4.39 Å². The fraction of sp³-hybridized carbons (Fsp3) is 0.312. The number of benzene rings is 1. The van der Waals surface area contributed by atoms with Gasteiger partial charge in [-0.2, -0.15) is 4.39 Å². The molecule has 0 aliphatic carbocycles. The Bertz CT molecular complexity index is 555. The minimum atomic E-state index is -0.556. The smallest absolute Gasteiger partial charge is 0.255 e. The second-order valence-corrected chi connectivity index (χ2v) is 4.99. The molecule has 2 heterocycles. The molecule has 104 valence electrons. The summed E-state index contributed by atoms with van der Waals surface area (Å²) < 4.78 is 19.6. The second-order valence-electron chi connectivity index (χ2n) is 4.99. The van der Waals surface area contributed by atoms with Crippen LogP contribution in [0.25, 0.3) is 0 Å². The van der Waals surface area contributed by atoms with Gasteiger partial charge in [0.1, 0.15) is 6.10 Å². The molecule has 1 fully saturated rings. The summed E-state index contributed by atoms with van der Waals surface area (Å²) >= 11 is 0. The third-order valence-electron chi connectivity index (χ3n) is 3.63. The number of nitrogens with zero attached hydrogens (tertiary/aromatic N) is 1. The van der Waals surface area contributed by atoms with Gasteiger partial charge in [0.05, 0.1) is 0 Å². The number of hydrogen-bond donors (Lipinski definition) is 1. The number of pyridine rings is 1. The number of aromatic nitrogens is 1. The summed E-state index contributed by atoms with van der Waals surface area (Å²) in [7, 11) is 0. The third-order valence-corrected chi connectivity index (χ3v) is 3.63. The largest absolute Gasteiger partial charge is 0.481 e. The van der Waals surface area contributed by atoms with E-state index in [9.17, 15) is 4.39 Å². The molecule has 0 unspecified atom stereocenters. The third kappa shape index (κ3) is 2.80. The van der Waals surface area contributed by atoms with Gasteiger partial charge in [-0.3, -0.25) is 0 Å². The number of halogens is 1. The van der Waals surface area contributed by atoms with E-state index >= 15 is 0 Å². The van der Waals surface area contributed by atoms with Gasteiger partial charge in [0, 0.05) is 18.7 Å². The molecule has 20 heavy (non-hydrogen) atoms. The topological polar surface area (TPSA) is 34.1 Å². The van der Waals surface area contributed by atoms with Crippen LogP contribution < -0.4 is 10.1 Å². The van der Waals surface area contributed by atoms with Gasteiger partial charge in [0.25, 0.3) is 5.95 Å². The van der Waals surface area contributed by atoms with Gasteiger partial charge in [0.15, 0.2) is 5.75 Å². The van der Waals surface area contributed by atoms with Gasteiger partial charge < -0.3 is 10.1 Å². The van der Waals surface area contributed by atoms with Crippen LogP contribution in [-0.2, 0) is 0 Å². The van der Waals surface area contributed by atoms with E-state index in [-0.39, 0.29) is 11.9 Å². The minimum Gasteiger partial charge on any atom is -0.481 e. The highest BCUT2D eigenvalue weighted by molar-refractivity contribution is 5.24. The average Bonchev–Trinajstić information content (AvgIpc) is 3.01. The molecule has 0 bridgehead atoms. The molecule has 0 spiro atoms. The zero-order chi connectivity index (χ0) is 13.8.